The van der Waals surface area contributed by atoms with E-state index in [9.17, 15) is 4.79 Å². The number of hydrogen-bond acceptors (Lipinski definition) is 2. The molecule has 2 nitrogen and oxygen atoms in total. The third kappa shape index (κ3) is 1.07. The summed E-state index contributed by atoms with van der Waals surface area (Å²) in [5, 5.41) is 9.14. The largest absolute Gasteiger partial charge is 0.390 e. The predicted octanol–water partition coefficient (Wildman–Crippen LogP) is 0.490. The van der Waals surface area contributed by atoms with E-state index in [2.05, 4.69) is 0 Å². The molecule has 0 radical (unpaired) electrons. The molecule has 0 aromatic rings. The molecule has 0 aromatic heterocycles. The van der Waals surface area contributed by atoms with Crippen LogP contribution in [-0.4, -0.2) is 16.5 Å². The fraction of sp³-hybridized carbons (Fsp3) is 0.833. The summed E-state index contributed by atoms with van der Waals surface area (Å²) in [6.07, 6.45) is 1.56. The van der Waals surface area contributed by atoms with Crippen LogP contribution in [0, 0.1) is 0 Å². The second-order valence-corrected chi connectivity index (χ2v) is 2.71. The molecule has 1 saturated carbocycles. The number of ketones is 1. The van der Waals surface area contributed by atoms with Crippen molar-refractivity contribution in [1.82, 2.24) is 0 Å². The Morgan fingerprint density at radius 1 is 1.75 bits per heavy atom. The van der Waals surface area contributed by atoms with E-state index in [1.165, 1.54) is 0 Å². The zero-order valence-corrected chi connectivity index (χ0v) is 4.98. The van der Waals surface area contributed by atoms with Crippen molar-refractivity contribution >= 4 is 5.78 Å². The van der Waals surface area contributed by atoms with E-state index < -0.39 is 5.60 Å². The van der Waals surface area contributed by atoms with Crippen molar-refractivity contribution in [3.05, 3.63) is 0 Å². The van der Waals surface area contributed by atoms with E-state index in [1.807, 2.05) is 0 Å². The molecule has 1 fully saturated rings. The van der Waals surface area contributed by atoms with Crippen molar-refractivity contribution in [3.63, 3.8) is 0 Å². The minimum Gasteiger partial charge on any atom is -0.390 e. The van der Waals surface area contributed by atoms with Gasteiger partial charge in [-0.3, -0.25) is 4.79 Å². The van der Waals surface area contributed by atoms with Crippen molar-refractivity contribution < 1.29 is 9.90 Å². The van der Waals surface area contributed by atoms with Crippen LogP contribution in [0.4, 0.5) is 0 Å². The van der Waals surface area contributed by atoms with Crippen molar-refractivity contribution in [2.75, 3.05) is 0 Å². The molecule has 0 bridgehead atoms. The van der Waals surface area contributed by atoms with Gasteiger partial charge in [-0.15, -0.1) is 0 Å². The molecule has 1 unspecified atom stereocenters. The summed E-state index contributed by atoms with van der Waals surface area (Å²) in [5.74, 6) is 0.190. The van der Waals surface area contributed by atoms with Crippen LogP contribution < -0.4 is 0 Å². The van der Waals surface area contributed by atoms with E-state index in [0.29, 0.717) is 19.3 Å². The van der Waals surface area contributed by atoms with Gasteiger partial charge in [-0.25, -0.2) is 0 Å². The van der Waals surface area contributed by atoms with E-state index >= 15 is 0 Å². The maximum absolute atomic E-state index is 10.5. The highest BCUT2D eigenvalue weighted by molar-refractivity contribution is 5.81. The molecule has 0 amide bonds. The van der Waals surface area contributed by atoms with Gasteiger partial charge in [0.2, 0.25) is 0 Å². The van der Waals surface area contributed by atoms with Crippen molar-refractivity contribution in [3.8, 4) is 0 Å². The van der Waals surface area contributed by atoms with Crippen LogP contribution in [0.3, 0.4) is 0 Å². The predicted molar refractivity (Wildman–Crippen MR) is 29.5 cm³/mol. The van der Waals surface area contributed by atoms with Gasteiger partial charge in [0.05, 0.1) is 5.60 Å². The van der Waals surface area contributed by atoms with E-state index in [1.54, 1.807) is 6.92 Å². The van der Waals surface area contributed by atoms with E-state index in [4.69, 9.17) is 5.11 Å². The first-order valence-electron chi connectivity index (χ1n) is 2.84. The second kappa shape index (κ2) is 1.55. The lowest BCUT2D eigenvalue weighted by Gasteiger charge is -2.11. The molecule has 8 heavy (non-hydrogen) atoms. The SMILES string of the molecule is CC1(O)CCC(=O)C1. The number of aliphatic hydroxyl groups is 1. The highest BCUT2D eigenvalue weighted by atomic mass is 16.3. The molecule has 1 aliphatic rings. The molecule has 0 aromatic carbocycles. The molecule has 0 spiro atoms. The van der Waals surface area contributed by atoms with Crippen LogP contribution in [0.1, 0.15) is 26.2 Å². The van der Waals surface area contributed by atoms with Gasteiger partial charge in [0.15, 0.2) is 0 Å². The Balaban J connectivity index is 2.56. The Bertz CT molecular complexity index is 116. The molecule has 2 heteroatoms. The molecule has 0 aliphatic heterocycles. The summed E-state index contributed by atoms with van der Waals surface area (Å²) < 4.78 is 0. The molecule has 0 heterocycles. The van der Waals surface area contributed by atoms with Gasteiger partial charge >= 0.3 is 0 Å². The van der Waals surface area contributed by atoms with Crippen molar-refractivity contribution in [2.24, 2.45) is 0 Å². The Hall–Kier alpha value is -0.370. The Morgan fingerprint density at radius 3 is 2.50 bits per heavy atom. The number of rotatable bonds is 0. The standard InChI is InChI=1S/C6H10O2/c1-6(8)3-2-5(7)4-6/h8H,2-4H2,1H3. The van der Waals surface area contributed by atoms with Gasteiger partial charge in [0, 0.05) is 12.8 Å². The summed E-state index contributed by atoms with van der Waals surface area (Å²) in [6, 6.07) is 0. The number of carbonyl (C=O) groups is 1. The smallest absolute Gasteiger partial charge is 0.135 e. The molecule has 0 saturated heterocycles. The molecule has 1 aliphatic carbocycles. The lowest BCUT2D eigenvalue weighted by Crippen LogP contribution is -2.18. The third-order valence-electron chi connectivity index (χ3n) is 1.52. The third-order valence-corrected chi connectivity index (χ3v) is 1.52. The van der Waals surface area contributed by atoms with E-state index in [-0.39, 0.29) is 5.78 Å². The second-order valence-electron chi connectivity index (χ2n) is 2.71. The maximum Gasteiger partial charge on any atom is 0.135 e. The number of Topliss-reactive ketones (excluding diaryl/α,β-unsaturated/α-hetero) is 1. The summed E-state index contributed by atoms with van der Waals surface area (Å²) in [7, 11) is 0. The number of hydrogen-bond donors (Lipinski definition) is 1. The van der Waals surface area contributed by atoms with E-state index in [0.717, 1.165) is 0 Å². The summed E-state index contributed by atoms with van der Waals surface area (Å²) in [4.78, 5) is 10.5. The van der Waals surface area contributed by atoms with Crippen molar-refractivity contribution in [1.29, 1.82) is 0 Å². The molecule has 1 N–H and O–H groups in total. The topological polar surface area (TPSA) is 37.3 Å². The Morgan fingerprint density at radius 2 is 2.38 bits per heavy atom. The molecule has 1 atom stereocenters. The average molecular weight is 114 g/mol. The van der Waals surface area contributed by atoms with Gasteiger partial charge in [-0.1, -0.05) is 0 Å². The van der Waals surface area contributed by atoms with Gasteiger partial charge in [0.1, 0.15) is 5.78 Å². The summed E-state index contributed by atoms with van der Waals surface area (Å²) >= 11 is 0. The van der Waals surface area contributed by atoms with Crippen molar-refractivity contribution in [2.45, 2.75) is 31.8 Å². The zero-order valence-electron chi connectivity index (χ0n) is 4.98. The van der Waals surface area contributed by atoms with Crippen LogP contribution in [0.5, 0.6) is 0 Å². The fourth-order valence-electron chi connectivity index (χ4n) is 1.01. The molecule has 1 rings (SSSR count). The quantitative estimate of drug-likeness (QED) is 0.497. The van der Waals surface area contributed by atoms with Gasteiger partial charge in [0.25, 0.3) is 0 Å². The summed E-state index contributed by atoms with van der Waals surface area (Å²) in [5.41, 5.74) is -0.683. The lowest BCUT2D eigenvalue weighted by atomic mass is 10.1. The minimum atomic E-state index is -0.683. The molecule has 46 valence electrons. The summed E-state index contributed by atoms with van der Waals surface area (Å²) in [6.45, 7) is 1.71. The van der Waals surface area contributed by atoms with Crippen LogP contribution in [0.2, 0.25) is 0 Å². The monoisotopic (exact) mass is 114 g/mol. The zero-order chi connectivity index (χ0) is 6.20. The average Bonchev–Trinajstić information content (AvgIpc) is 1.82. The highest BCUT2D eigenvalue weighted by Crippen LogP contribution is 2.25. The first kappa shape index (κ1) is 5.76. The Labute approximate surface area is 48.5 Å². The molecular formula is C6H10O2. The Kier molecular flexibility index (Phi) is 1.12. The van der Waals surface area contributed by atoms with Crippen LogP contribution in [0.25, 0.3) is 0 Å². The normalized spacial score (nSPS) is 38.5. The van der Waals surface area contributed by atoms with Crippen LogP contribution >= 0.6 is 0 Å². The van der Waals surface area contributed by atoms with Gasteiger partial charge < -0.3 is 5.11 Å². The van der Waals surface area contributed by atoms with Gasteiger partial charge in [-0.2, -0.15) is 0 Å². The first-order chi connectivity index (χ1) is 3.60. The highest BCUT2D eigenvalue weighted by Gasteiger charge is 2.30. The number of carbonyl (C=O) groups excluding carboxylic acids is 1. The lowest BCUT2D eigenvalue weighted by molar-refractivity contribution is -0.118. The molecular weight excluding hydrogens is 104 g/mol. The minimum absolute atomic E-state index is 0.190. The van der Waals surface area contributed by atoms with Crippen LogP contribution in [-0.2, 0) is 4.79 Å². The van der Waals surface area contributed by atoms with Gasteiger partial charge in [-0.05, 0) is 13.3 Å². The van der Waals surface area contributed by atoms with Crippen LogP contribution in [0.15, 0.2) is 0 Å². The maximum atomic E-state index is 10.5. The fourth-order valence-corrected chi connectivity index (χ4v) is 1.01. The first-order valence-corrected chi connectivity index (χ1v) is 2.84.